The summed E-state index contributed by atoms with van der Waals surface area (Å²) in [4.78, 5) is 2.45. The molecule has 0 aromatic heterocycles. The zero-order valence-corrected chi connectivity index (χ0v) is 9.65. The Hall–Kier alpha value is 0.0700. The third-order valence-electron chi connectivity index (χ3n) is 3.24. The molecule has 0 spiro atoms. The Morgan fingerprint density at radius 2 is 2.00 bits per heavy atom. The molecule has 0 N–H and O–H groups in total. The lowest BCUT2D eigenvalue weighted by Gasteiger charge is -2.29. The molecule has 0 atom stereocenters. The van der Waals surface area contributed by atoms with E-state index in [0.717, 1.165) is 37.7 Å². The summed E-state index contributed by atoms with van der Waals surface area (Å²) in [5.74, 6) is 1.73. The van der Waals surface area contributed by atoms with Gasteiger partial charge in [-0.05, 0) is 12.8 Å². The van der Waals surface area contributed by atoms with Crippen molar-refractivity contribution < 1.29 is 8.95 Å². The highest BCUT2D eigenvalue weighted by molar-refractivity contribution is 7.85. The van der Waals surface area contributed by atoms with Crippen molar-refractivity contribution in [2.45, 2.75) is 12.8 Å². The molecule has 2 rings (SSSR count). The molecule has 14 heavy (non-hydrogen) atoms. The molecule has 1 saturated carbocycles. The van der Waals surface area contributed by atoms with Gasteiger partial charge in [-0.3, -0.25) is 4.21 Å². The normalized spacial score (nSPS) is 27.8. The van der Waals surface area contributed by atoms with Crippen LogP contribution in [0.3, 0.4) is 0 Å². The van der Waals surface area contributed by atoms with Crippen LogP contribution >= 0.6 is 0 Å². The Morgan fingerprint density at radius 1 is 1.36 bits per heavy atom. The summed E-state index contributed by atoms with van der Waals surface area (Å²) in [6.45, 7) is 4.07. The first kappa shape index (κ1) is 10.6. The summed E-state index contributed by atoms with van der Waals surface area (Å²) in [6, 6.07) is 0. The number of rotatable bonds is 4. The fraction of sp³-hybridized carbons (Fsp3) is 1.00. The molecular weight excluding hydrogens is 198 g/mol. The molecule has 0 radical (unpaired) electrons. The SMILES string of the molecule is COCC1(CN2CCS(=O)CC2)CC1. The first-order chi connectivity index (χ1) is 6.74. The van der Waals surface area contributed by atoms with Crippen LogP contribution in [0.5, 0.6) is 0 Å². The fourth-order valence-corrected chi connectivity index (χ4v) is 3.27. The van der Waals surface area contributed by atoms with Gasteiger partial charge in [0.25, 0.3) is 0 Å². The second kappa shape index (κ2) is 4.29. The number of methoxy groups -OCH3 is 1. The molecule has 1 aliphatic heterocycles. The minimum atomic E-state index is -0.546. The third kappa shape index (κ3) is 2.55. The minimum absolute atomic E-state index is 0.452. The lowest BCUT2D eigenvalue weighted by molar-refractivity contribution is 0.111. The molecule has 0 aromatic carbocycles. The Morgan fingerprint density at radius 3 is 2.50 bits per heavy atom. The quantitative estimate of drug-likeness (QED) is 0.686. The monoisotopic (exact) mass is 217 g/mol. The van der Waals surface area contributed by atoms with Crippen LogP contribution in [0.15, 0.2) is 0 Å². The van der Waals surface area contributed by atoms with Gasteiger partial charge in [-0.1, -0.05) is 0 Å². The minimum Gasteiger partial charge on any atom is -0.384 e. The van der Waals surface area contributed by atoms with Gasteiger partial charge in [-0.25, -0.2) is 0 Å². The summed E-state index contributed by atoms with van der Waals surface area (Å²) in [5.41, 5.74) is 0.452. The molecular formula is C10H19NO2S. The fourth-order valence-electron chi connectivity index (χ4n) is 2.14. The van der Waals surface area contributed by atoms with Gasteiger partial charge in [0.15, 0.2) is 0 Å². The van der Waals surface area contributed by atoms with E-state index in [-0.39, 0.29) is 0 Å². The van der Waals surface area contributed by atoms with Crippen molar-refractivity contribution in [3.63, 3.8) is 0 Å². The molecule has 82 valence electrons. The lowest BCUT2D eigenvalue weighted by Crippen LogP contribution is -2.41. The standard InChI is InChI=1S/C10H19NO2S/c1-13-9-10(2-3-10)8-11-4-6-14(12)7-5-11/h2-9H2,1H3. The first-order valence-corrected chi connectivity index (χ1v) is 6.79. The second-order valence-electron chi connectivity index (χ2n) is 4.56. The van der Waals surface area contributed by atoms with Crippen LogP contribution in [-0.4, -0.2) is 54.0 Å². The summed E-state index contributed by atoms with van der Waals surface area (Å²) in [5, 5.41) is 0. The van der Waals surface area contributed by atoms with E-state index in [0.29, 0.717) is 5.41 Å². The first-order valence-electron chi connectivity index (χ1n) is 5.30. The van der Waals surface area contributed by atoms with Crippen molar-refractivity contribution in [3.05, 3.63) is 0 Å². The highest BCUT2D eigenvalue weighted by atomic mass is 32.2. The van der Waals surface area contributed by atoms with Gasteiger partial charge in [-0.2, -0.15) is 0 Å². The Kier molecular flexibility index (Phi) is 3.24. The smallest absolute Gasteiger partial charge is 0.0530 e. The van der Waals surface area contributed by atoms with Gasteiger partial charge >= 0.3 is 0 Å². The van der Waals surface area contributed by atoms with Crippen LogP contribution in [0.25, 0.3) is 0 Å². The van der Waals surface area contributed by atoms with Gasteiger partial charge in [0.1, 0.15) is 0 Å². The van der Waals surface area contributed by atoms with E-state index in [2.05, 4.69) is 4.90 Å². The summed E-state index contributed by atoms with van der Waals surface area (Å²) < 4.78 is 16.4. The predicted molar refractivity (Wildman–Crippen MR) is 57.9 cm³/mol. The van der Waals surface area contributed by atoms with E-state index < -0.39 is 10.8 Å². The van der Waals surface area contributed by atoms with E-state index >= 15 is 0 Å². The van der Waals surface area contributed by atoms with Crippen molar-refractivity contribution in [2.75, 3.05) is 44.9 Å². The van der Waals surface area contributed by atoms with E-state index in [1.807, 2.05) is 0 Å². The van der Waals surface area contributed by atoms with Crippen LogP contribution in [0.4, 0.5) is 0 Å². The van der Waals surface area contributed by atoms with Crippen molar-refractivity contribution >= 4 is 10.8 Å². The van der Waals surface area contributed by atoms with Crippen molar-refractivity contribution in [3.8, 4) is 0 Å². The van der Waals surface area contributed by atoms with E-state index in [1.54, 1.807) is 7.11 Å². The lowest BCUT2D eigenvalue weighted by atomic mass is 10.1. The molecule has 1 heterocycles. The second-order valence-corrected chi connectivity index (χ2v) is 6.25. The van der Waals surface area contributed by atoms with Crippen LogP contribution in [0.2, 0.25) is 0 Å². The van der Waals surface area contributed by atoms with Gasteiger partial charge in [0, 0.05) is 54.5 Å². The number of hydrogen-bond donors (Lipinski definition) is 0. The summed E-state index contributed by atoms with van der Waals surface area (Å²) in [6.07, 6.45) is 2.61. The zero-order valence-electron chi connectivity index (χ0n) is 8.83. The molecule has 1 saturated heterocycles. The van der Waals surface area contributed by atoms with E-state index in [1.165, 1.54) is 12.8 Å². The van der Waals surface area contributed by atoms with Gasteiger partial charge in [0.2, 0.25) is 0 Å². The van der Waals surface area contributed by atoms with Crippen molar-refractivity contribution in [1.82, 2.24) is 4.90 Å². The average Bonchev–Trinajstić information content (AvgIpc) is 2.90. The average molecular weight is 217 g/mol. The third-order valence-corrected chi connectivity index (χ3v) is 4.51. The number of ether oxygens (including phenoxy) is 1. The molecule has 0 bridgehead atoms. The largest absolute Gasteiger partial charge is 0.384 e. The topological polar surface area (TPSA) is 29.5 Å². The molecule has 0 unspecified atom stereocenters. The van der Waals surface area contributed by atoms with Crippen molar-refractivity contribution in [1.29, 1.82) is 0 Å². The van der Waals surface area contributed by atoms with Crippen LogP contribution < -0.4 is 0 Å². The van der Waals surface area contributed by atoms with Crippen LogP contribution in [-0.2, 0) is 15.5 Å². The predicted octanol–water partition coefficient (Wildman–Crippen LogP) is 0.477. The molecule has 2 fully saturated rings. The maximum Gasteiger partial charge on any atom is 0.0530 e. The Labute approximate surface area is 88.3 Å². The highest BCUT2D eigenvalue weighted by Gasteiger charge is 2.44. The van der Waals surface area contributed by atoms with Gasteiger partial charge < -0.3 is 9.64 Å². The van der Waals surface area contributed by atoms with E-state index in [9.17, 15) is 4.21 Å². The van der Waals surface area contributed by atoms with Gasteiger partial charge in [0.05, 0.1) is 6.61 Å². The molecule has 1 aliphatic carbocycles. The van der Waals surface area contributed by atoms with Crippen LogP contribution in [0, 0.1) is 5.41 Å². The number of nitrogens with zero attached hydrogens (tertiary/aromatic N) is 1. The van der Waals surface area contributed by atoms with Crippen LogP contribution in [0.1, 0.15) is 12.8 Å². The maximum absolute atomic E-state index is 11.2. The molecule has 0 amide bonds. The zero-order chi connectivity index (χ0) is 10.0. The molecule has 3 nitrogen and oxygen atoms in total. The maximum atomic E-state index is 11.2. The Bertz CT molecular complexity index is 218. The molecule has 2 aliphatic rings. The summed E-state index contributed by atoms with van der Waals surface area (Å²) in [7, 11) is 1.24. The van der Waals surface area contributed by atoms with Gasteiger partial charge in [-0.15, -0.1) is 0 Å². The van der Waals surface area contributed by atoms with E-state index in [4.69, 9.17) is 4.74 Å². The Balaban J connectivity index is 1.77. The summed E-state index contributed by atoms with van der Waals surface area (Å²) >= 11 is 0. The number of hydrogen-bond acceptors (Lipinski definition) is 3. The van der Waals surface area contributed by atoms with Crippen molar-refractivity contribution in [2.24, 2.45) is 5.41 Å². The highest BCUT2D eigenvalue weighted by Crippen LogP contribution is 2.46. The molecule has 0 aromatic rings. The molecule has 4 heteroatoms.